The zero-order valence-corrected chi connectivity index (χ0v) is 11.2. The molecular weight excluding hydrogens is 250 g/mol. The molecule has 0 heterocycles. The van der Waals surface area contributed by atoms with E-state index < -0.39 is 0 Å². The van der Waals surface area contributed by atoms with Crippen molar-refractivity contribution in [1.29, 1.82) is 0 Å². The molecule has 4 heteroatoms. The maximum absolute atomic E-state index is 12.1. The Morgan fingerprint density at radius 2 is 2.11 bits per heavy atom. The summed E-state index contributed by atoms with van der Waals surface area (Å²) in [7, 11) is 0. The fourth-order valence-corrected chi connectivity index (χ4v) is 2.55. The van der Waals surface area contributed by atoms with Crippen LogP contribution in [0.3, 0.4) is 0 Å². The summed E-state index contributed by atoms with van der Waals surface area (Å²) in [6.45, 7) is 2.12. The van der Waals surface area contributed by atoms with Crippen molar-refractivity contribution in [2.45, 2.75) is 38.7 Å². The molecule has 1 fully saturated rings. The molecule has 0 amide bonds. The molecule has 0 radical (unpaired) electrons. The number of rotatable bonds is 2. The summed E-state index contributed by atoms with van der Waals surface area (Å²) in [5.74, 6) is 0.0496. The third kappa shape index (κ3) is 2.96. The summed E-state index contributed by atoms with van der Waals surface area (Å²) in [6, 6.07) is 4.86. The second kappa shape index (κ2) is 5.61. The van der Waals surface area contributed by atoms with Crippen molar-refractivity contribution in [2.24, 2.45) is 5.92 Å². The van der Waals surface area contributed by atoms with Gasteiger partial charge in [-0.25, -0.2) is 4.79 Å². The van der Waals surface area contributed by atoms with Gasteiger partial charge in [0.2, 0.25) is 0 Å². The second-order valence-corrected chi connectivity index (χ2v) is 5.35. The maximum Gasteiger partial charge on any atom is 0.340 e. The lowest BCUT2D eigenvalue weighted by molar-refractivity contribution is 0.00484. The number of esters is 1. The van der Waals surface area contributed by atoms with Crippen LogP contribution in [-0.2, 0) is 4.74 Å². The van der Waals surface area contributed by atoms with E-state index in [9.17, 15) is 4.79 Å². The summed E-state index contributed by atoms with van der Waals surface area (Å²) < 4.78 is 5.55. The Kier molecular flexibility index (Phi) is 4.12. The molecule has 2 atom stereocenters. The summed E-state index contributed by atoms with van der Waals surface area (Å²) in [5.41, 5.74) is 6.53. The molecule has 0 bridgehead atoms. The number of halogens is 1. The highest BCUT2D eigenvalue weighted by Crippen LogP contribution is 2.28. The van der Waals surface area contributed by atoms with Gasteiger partial charge in [0, 0.05) is 5.69 Å². The molecule has 98 valence electrons. The number of nitrogens with two attached hydrogens (primary N) is 1. The molecule has 1 aromatic carbocycles. The second-order valence-electron chi connectivity index (χ2n) is 4.94. The minimum Gasteiger partial charge on any atom is -0.458 e. The van der Waals surface area contributed by atoms with E-state index in [-0.39, 0.29) is 12.1 Å². The van der Waals surface area contributed by atoms with E-state index in [1.165, 1.54) is 6.42 Å². The lowest BCUT2D eigenvalue weighted by Gasteiger charge is -2.28. The Balaban J connectivity index is 2.09. The molecule has 1 aromatic rings. The van der Waals surface area contributed by atoms with Crippen LogP contribution < -0.4 is 5.73 Å². The first-order valence-electron chi connectivity index (χ1n) is 6.34. The van der Waals surface area contributed by atoms with Crippen molar-refractivity contribution < 1.29 is 9.53 Å². The third-order valence-electron chi connectivity index (χ3n) is 3.50. The fourth-order valence-electron chi connectivity index (χ4n) is 2.36. The molecule has 2 rings (SSSR count). The number of nitrogen functional groups attached to an aromatic ring is 1. The van der Waals surface area contributed by atoms with Crippen LogP contribution in [0.2, 0.25) is 5.02 Å². The first-order valence-corrected chi connectivity index (χ1v) is 6.71. The van der Waals surface area contributed by atoms with E-state index >= 15 is 0 Å². The van der Waals surface area contributed by atoms with Gasteiger partial charge >= 0.3 is 5.97 Å². The number of carbonyl (C=O) groups is 1. The van der Waals surface area contributed by atoms with E-state index in [2.05, 4.69) is 6.92 Å². The van der Waals surface area contributed by atoms with Crippen molar-refractivity contribution in [3.63, 3.8) is 0 Å². The Morgan fingerprint density at radius 1 is 1.39 bits per heavy atom. The van der Waals surface area contributed by atoms with Crippen molar-refractivity contribution in [1.82, 2.24) is 0 Å². The lowest BCUT2D eigenvalue weighted by atomic mass is 9.88. The number of ether oxygens (including phenoxy) is 1. The topological polar surface area (TPSA) is 52.3 Å². The zero-order valence-electron chi connectivity index (χ0n) is 10.5. The van der Waals surface area contributed by atoms with Crippen molar-refractivity contribution in [2.75, 3.05) is 5.73 Å². The standard InChI is InChI=1S/C14H18ClNO2/c1-9-4-2-3-5-13(9)18-14(17)11-8-10(16)6-7-12(11)15/h6-9,13H,2-5,16H2,1H3. The molecule has 3 nitrogen and oxygen atoms in total. The molecular formula is C14H18ClNO2. The molecule has 18 heavy (non-hydrogen) atoms. The van der Waals surface area contributed by atoms with Crippen LogP contribution in [0.15, 0.2) is 18.2 Å². The van der Waals surface area contributed by atoms with E-state index in [0.29, 0.717) is 22.2 Å². The van der Waals surface area contributed by atoms with Gasteiger partial charge in [-0.3, -0.25) is 0 Å². The highest BCUT2D eigenvalue weighted by atomic mass is 35.5. The smallest absolute Gasteiger partial charge is 0.340 e. The number of carbonyl (C=O) groups excluding carboxylic acids is 1. The van der Waals surface area contributed by atoms with E-state index in [1.54, 1.807) is 18.2 Å². The molecule has 2 N–H and O–H groups in total. The number of hydrogen-bond acceptors (Lipinski definition) is 3. The summed E-state index contributed by atoms with van der Waals surface area (Å²) in [5, 5.41) is 0.387. The van der Waals surface area contributed by atoms with Crippen LogP contribution in [0.5, 0.6) is 0 Å². The summed E-state index contributed by atoms with van der Waals surface area (Å²) >= 11 is 5.99. The van der Waals surface area contributed by atoms with Gasteiger partial charge in [-0.05, 0) is 43.4 Å². The van der Waals surface area contributed by atoms with Gasteiger partial charge in [0.05, 0.1) is 10.6 Å². The van der Waals surface area contributed by atoms with Crippen molar-refractivity contribution in [3.05, 3.63) is 28.8 Å². The molecule has 0 spiro atoms. The quantitative estimate of drug-likeness (QED) is 0.657. The van der Waals surface area contributed by atoms with Crippen LogP contribution in [0.1, 0.15) is 43.0 Å². The molecule has 1 aliphatic carbocycles. The van der Waals surface area contributed by atoms with Crippen LogP contribution >= 0.6 is 11.6 Å². The van der Waals surface area contributed by atoms with E-state index in [1.807, 2.05) is 0 Å². The molecule has 1 aliphatic rings. The minimum atomic E-state index is -0.369. The number of benzene rings is 1. The summed E-state index contributed by atoms with van der Waals surface area (Å²) in [4.78, 5) is 12.1. The Bertz CT molecular complexity index is 447. The van der Waals surface area contributed by atoms with Gasteiger partial charge in [-0.1, -0.05) is 24.9 Å². The van der Waals surface area contributed by atoms with Gasteiger partial charge in [0.25, 0.3) is 0 Å². The first kappa shape index (κ1) is 13.2. The zero-order chi connectivity index (χ0) is 13.1. The van der Waals surface area contributed by atoms with Gasteiger partial charge in [0.1, 0.15) is 6.10 Å². The lowest BCUT2D eigenvalue weighted by Crippen LogP contribution is -2.28. The van der Waals surface area contributed by atoms with E-state index in [0.717, 1.165) is 19.3 Å². The Morgan fingerprint density at radius 3 is 2.83 bits per heavy atom. The van der Waals surface area contributed by atoms with Gasteiger partial charge < -0.3 is 10.5 Å². The van der Waals surface area contributed by atoms with Crippen LogP contribution in [0, 0.1) is 5.92 Å². The summed E-state index contributed by atoms with van der Waals surface area (Å²) in [6.07, 6.45) is 4.39. The molecule has 1 saturated carbocycles. The normalized spacial score (nSPS) is 23.7. The predicted octanol–water partition coefficient (Wildman–Crippen LogP) is 3.66. The average molecular weight is 268 g/mol. The average Bonchev–Trinajstić information content (AvgIpc) is 2.35. The Labute approximate surface area is 112 Å². The van der Waals surface area contributed by atoms with Crippen LogP contribution in [0.4, 0.5) is 5.69 Å². The van der Waals surface area contributed by atoms with Crippen molar-refractivity contribution >= 4 is 23.3 Å². The van der Waals surface area contributed by atoms with Gasteiger partial charge in [-0.2, -0.15) is 0 Å². The number of hydrogen-bond donors (Lipinski definition) is 1. The van der Waals surface area contributed by atoms with Crippen molar-refractivity contribution in [3.8, 4) is 0 Å². The highest BCUT2D eigenvalue weighted by Gasteiger charge is 2.26. The van der Waals surface area contributed by atoms with Gasteiger partial charge in [-0.15, -0.1) is 0 Å². The molecule has 0 aromatic heterocycles. The fraction of sp³-hybridized carbons (Fsp3) is 0.500. The largest absolute Gasteiger partial charge is 0.458 e. The Hall–Kier alpha value is -1.22. The third-order valence-corrected chi connectivity index (χ3v) is 3.83. The number of anilines is 1. The van der Waals surface area contributed by atoms with Gasteiger partial charge in [0.15, 0.2) is 0 Å². The molecule has 0 aliphatic heterocycles. The molecule has 0 saturated heterocycles. The molecule has 2 unspecified atom stereocenters. The minimum absolute atomic E-state index is 0.00347. The van der Waals surface area contributed by atoms with Crippen LogP contribution in [0.25, 0.3) is 0 Å². The first-order chi connectivity index (χ1) is 8.58. The SMILES string of the molecule is CC1CCCCC1OC(=O)c1cc(N)ccc1Cl. The van der Waals surface area contributed by atoms with Crippen LogP contribution in [-0.4, -0.2) is 12.1 Å². The maximum atomic E-state index is 12.1. The van der Waals surface area contributed by atoms with E-state index in [4.69, 9.17) is 22.1 Å². The monoisotopic (exact) mass is 267 g/mol. The predicted molar refractivity (Wildman–Crippen MR) is 72.7 cm³/mol. The highest BCUT2D eigenvalue weighted by molar-refractivity contribution is 6.33.